The molecule has 0 aliphatic carbocycles. The molecule has 0 radical (unpaired) electrons. The molecule has 35 heavy (non-hydrogen) atoms. The van der Waals surface area contributed by atoms with Crippen LogP contribution >= 0.6 is 0 Å². The van der Waals surface area contributed by atoms with E-state index in [0.29, 0.717) is 18.5 Å². The first kappa shape index (κ1) is 23.8. The first-order chi connectivity index (χ1) is 16.7. The van der Waals surface area contributed by atoms with Crippen LogP contribution in [0.15, 0.2) is 36.7 Å². The van der Waals surface area contributed by atoms with Gasteiger partial charge in [0, 0.05) is 67.9 Å². The maximum Gasteiger partial charge on any atom is 0.148 e. The Morgan fingerprint density at radius 1 is 1.20 bits per heavy atom. The molecule has 4 aromatic heterocycles. The van der Waals surface area contributed by atoms with Gasteiger partial charge in [-0.15, -0.1) is 0 Å². The number of aryl methyl sites for hydroxylation is 1. The molecule has 0 atom stereocenters. The zero-order valence-electron chi connectivity index (χ0n) is 20.9. The fourth-order valence-electron chi connectivity index (χ4n) is 5.20. The number of piperidine rings is 1. The predicted octanol–water partition coefficient (Wildman–Crippen LogP) is 3.84. The number of anilines is 1. The normalized spacial score (nSPS) is 15.6. The minimum Gasteiger partial charge on any atom is -0.356 e. The minimum absolute atomic E-state index is 0.187. The molecule has 1 fully saturated rings. The quantitative estimate of drug-likeness (QED) is 0.405. The molecule has 1 aliphatic rings. The van der Waals surface area contributed by atoms with Gasteiger partial charge in [0.25, 0.3) is 0 Å². The van der Waals surface area contributed by atoms with E-state index in [-0.39, 0.29) is 5.75 Å². The standard InChI is InChI=1S/C26H34N6O2S/c1-17(2)23-24(20-16-31(3)26-19(20)6-5-11-28-26)29-21-7-8-22(30-25(21)23)32-13-9-18(10-14-32)27-12-15-35(4,33)34/h5-8,11,16-18,27,29H,9-10,12-15H2,1-4H3. The van der Waals surface area contributed by atoms with Crippen molar-refractivity contribution in [1.29, 1.82) is 0 Å². The number of nitrogens with zero attached hydrogens (tertiary/aromatic N) is 4. The van der Waals surface area contributed by atoms with Gasteiger partial charge in [-0.2, -0.15) is 0 Å². The Morgan fingerprint density at radius 2 is 1.97 bits per heavy atom. The number of aromatic nitrogens is 4. The lowest BCUT2D eigenvalue weighted by atomic mass is 9.98. The maximum absolute atomic E-state index is 11.4. The van der Waals surface area contributed by atoms with Gasteiger partial charge in [-0.25, -0.2) is 18.4 Å². The fourth-order valence-corrected chi connectivity index (χ4v) is 5.69. The molecule has 1 saturated heterocycles. The van der Waals surface area contributed by atoms with Gasteiger partial charge in [0.1, 0.15) is 21.3 Å². The van der Waals surface area contributed by atoms with Gasteiger partial charge in [0.2, 0.25) is 0 Å². The van der Waals surface area contributed by atoms with E-state index >= 15 is 0 Å². The van der Waals surface area contributed by atoms with Crippen molar-refractivity contribution in [3.8, 4) is 11.3 Å². The molecule has 0 aromatic carbocycles. The number of H-pyrrole nitrogens is 1. The summed E-state index contributed by atoms with van der Waals surface area (Å²) < 4.78 is 24.9. The molecule has 1 aliphatic heterocycles. The van der Waals surface area contributed by atoms with Crippen LogP contribution in [0.3, 0.4) is 0 Å². The molecule has 0 amide bonds. The molecular formula is C26H34N6O2S. The van der Waals surface area contributed by atoms with Crippen molar-refractivity contribution in [2.75, 3.05) is 36.5 Å². The third-order valence-electron chi connectivity index (χ3n) is 6.97. The van der Waals surface area contributed by atoms with Crippen LogP contribution in [0.25, 0.3) is 33.3 Å². The molecule has 4 aromatic rings. The van der Waals surface area contributed by atoms with E-state index in [0.717, 1.165) is 65.1 Å². The topological polar surface area (TPSA) is 95.9 Å². The number of sulfone groups is 1. The van der Waals surface area contributed by atoms with Crippen LogP contribution in [0.1, 0.15) is 38.2 Å². The Hall–Kier alpha value is -2.91. The molecule has 9 heteroatoms. The second-order valence-electron chi connectivity index (χ2n) is 10.0. The number of rotatable bonds is 7. The maximum atomic E-state index is 11.4. The SMILES string of the molecule is CC(C)c1c(-c2cn(C)c3ncccc23)[nH]c2ccc(N3CCC(NCCS(C)(=O)=O)CC3)nc12. The minimum atomic E-state index is -2.93. The van der Waals surface area contributed by atoms with Gasteiger partial charge in [0.05, 0.1) is 22.5 Å². The molecule has 0 spiro atoms. The third kappa shape index (κ3) is 4.79. The number of aromatic amines is 1. The highest BCUT2D eigenvalue weighted by atomic mass is 32.2. The number of nitrogens with one attached hydrogen (secondary N) is 2. The summed E-state index contributed by atoms with van der Waals surface area (Å²) in [7, 11) is -0.896. The molecule has 0 saturated carbocycles. The van der Waals surface area contributed by atoms with E-state index in [9.17, 15) is 8.42 Å². The number of hydrogen-bond donors (Lipinski definition) is 2. The highest BCUT2D eigenvalue weighted by Crippen LogP contribution is 2.38. The van der Waals surface area contributed by atoms with Crippen molar-refractivity contribution in [3.63, 3.8) is 0 Å². The summed E-state index contributed by atoms with van der Waals surface area (Å²) in [5, 5.41) is 4.54. The Balaban J connectivity index is 1.41. The van der Waals surface area contributed by atoms with Crippen molar-refractivity contribution in [2.24, 2.45) is 7.05 Å². The molecule has 0 bridgehead atoms. The lowest BCUT2D eigenvalue weighted by Crippen LogP contribution is -2.44. The second kappa shape index (κ2) is 9.28. The molecule has 5 heterocycles. The smallest absolute Gasteiger partial charge is 0.148 e. The molecule has 2 N–H and O–H groups in total. The summed E-state index contributed by atoms with van der Waals surface area (Å²) >= 11 is 0. The van der Waals surface area contributed by atoms with Crippen LogP contribution in [0.5, 0.6) is 0 Å². The van der Waals surface area contributed by atoms with Crippen LogP contribution in [0.2, 0.25) is 0 Å². The van der Waals surface area contributed by atoms with E-state index in [2.05, 4.69) is 63.0 Å². The zero-order chi connectivity index (χ0) is 24.7. The van der Waals surface area contributed by atoms with E-state index in [1.807, 2.05) is 19.3 Å². The van der Waals surface area contributed by atoms with Crippen LogP contribution in [0.4, 0.5) is 5.82 Å². The summed E-state index contributed by atoms with van der Waals surface area (Å²) in [6.45, 7) is 6.76. The lowest BCUT2D eigenvalue weighted by molar-refractivity contribution is 0.422. The van der Waals surface area contributed by atoms with Crippen LogP contribution in [0, 0.1) is 0 Å². The molecule has 186 valence electrons. The second-order valence-corrected chi connectivity index (χ2v) is 12.3. The molecule has 5 rings (SSSR count). The van der Waals surface area contributed by atoms with Gasteiger partial charge in [-0.1, -0.05) is 13.8 Å². The van der Waals surface area contributed by atoms with Gasteiger partial charge in [-0.05, 0) is 43.0 Å². The zero-order valence-corrected chi connectivity index (χ0v) is 21.7. The van der Waals surface area contributed by atoms with Crippen molar-refractivity contribution in [1.82, 2.24) is 24.8 Å². The summed E-state index contributed by atoms with van der Waals surface area (Å²) in [6, 6.07) is 8.71. The van der Waals surface area contributed by atoms with Crippen molar-refractivity contribution in [2.45, 2.75) is 38.6 Å². The lowest BCUT2D eigenvalue weighted by Gasteiger charge is -2.33. The van der Waals surface area contributed by atoms with Crippen molar-refractivity contribution in [3.05, 3.63) is 42.2 Å². The van der Waals surface area contributed by atoms with Gasteiger partial charge in [0.15, 0.2) is 0 Å². The number of fused-ring (bicyclic) bond motifs is 2. The monoisotopic (exact) mass is 494 g/mol. The summed E-state index contributed by atoms with van der Waals surface area (Å²) in [6.07, 6.45) is 7.22. The van der Waals surface area contributed by atoms with E-state index in [4.69, 9.17) is 4.98 Å². The Morgan fingerprint density at radius 3 is 2.69 bits per heavy atom. The van der Waals surface area contributed by atoms with Crippen LogP contribution < -0.4 is 10.2 Å². The Kier molecular flexibility index (Phi) is 6.31. The number of pyridine rings is 2. The summed E-state index contributed by atoms with van der Waals surface area (Å²) in [5.74, 6) is 1.49. The molecular weight excluding hydrogens is 460 g/mol. The summed E-state index contributed by atoms with van der Waals surface area (Å²) in [4.78, 5) is 15.7. The first-order valence-electron chi connectivity index (χ1n) is 12.3. The van der Waals surface area contributed by atoms with Gasteiger partial charge < -0.3 is 19.8 Å². The summed E-state index contributed by atoms with van der Waals surface area (Å²) in [5.41, 5.74) is 6.55. The molecule has 8 nitrogen and oxygen atoms in total. The first-order valence-corrected chi connectivity index (χ1v) is 14.4. The third-order valence-corrected chi connectivity index (χ3v) is 7.92. The van der Waals surface area contributed by atoms with E-state index in [1.54, 1.807) is 0 Å². The van der Waals surface area contributed by atoms with E-state index in [1.165, 1.54) is 11.8 Å². The largest absolute Gasteiger partial charge is 0.356 e. The fraction of sp³-hybridized carbons (Fsp3) is 0.462. The van der Waals surface area contributed by atoms with Crippen LogP contribution in [-0.2, 0) is 16.9 Å². The predicted molar refractivity (Wildman–Crippen MR) is 143 cm³/mol. The Bertz CT molecular complexity index is 1460. The van der Waals surface area contributed by atoms with Crippen LogP contribution in [-0.4, -0.2) is 65.6 Å². The molecule has 0 unspecified atom stereocenters. The van der Waals surface area contributed by atoms with Gasteiger partial charge in [-0.3, -0.25) is 0 Å². The number of hydrogen-bond acceptors (Lipinski definition) is 6. The van der Waals surface area contributed by atoms with Crippen molar-refractivity contribution < 1.29 is 8.42 Å². The highest BCUT2D eigenvalue weighted by molar-refractivity contribution is 7.90. The average molecular weight is 495 g/mol. The van der Waals surface area contributed by atoms with Gasteiger partial charge >= 0.3 is 0 Å². The average Bonchev–Trinajstić information content (AvgIpc) is 3.36. The van der Waals surface area contributed by atoms with Crippen molar-refractivity contribution >= 4 is 37.7 Å². The van der Waals surface area contributed by atoms with E-state index < -0.39 is 9.84 Å². The Labute approximate surface area is 206 Å². The highest BCUT2D eigenvalue weighted by Gasteiger charge is 2.24.